The third-order valence-corrected chi connectivity index (χ3v) is 5.70. The second-order valence-corrected chi connectivity index (χ2v) is 7.60. The van der Waals surface area contributed by atoms with Crippen LogP contribution >= 0.6 is 0 Å². The van der Waals surface area contributed by atoms with E-state index in [1.807, 2.05) is 12.1 Å². The van der Waals surface area contributed by atoms with Gasteiger partial charge in [0.05, 0.1) is 12.4 Å². The second kappa shape index (κ2) is 7.67. The highest BCUT2D eigenvalue weighted by Crippen LogP contribution is 2.37. The first-order valence-electron chi connectivity index (χ1n) is 10.4. The average Bonchev–Trinajstić information content (AvgIpc) is 3.59. The fourth-order valence-corrected chi connectivity index (χ4v) is 4.20. The van der Waals surface area contributed by atoms with Gasteiger partial charge in [-0.05, 0) is 45.2 Å². The Morgan fingerprint density at radius 1 is 0.469 bits per heavy atom. The van der Waals surface area contributed by atoms with Crippen molar-refractivity contribution < 1.29 is 8.83 Å². The van der Waals surface area contributed by atoms with Gasteiger partial charge in [-0.15, -0.1) is 0 Å². The van der Waals surface area contributed by atoms with Crippen LogP contribution in [0.2, 0.25) is 0 Å². The summed E-state index contributed by atoms with van der Waals surface area (Å²) < 4.78 is 11.0. The van der Waals surface area contributed by atoms with Crippen molar-refractivity contribution in [3.8, 4) is 44.9 Å². The minimum absolute atomic E-state index is 0.761. The van der Waals surface area contributed by atoms with Gasteiger partial charge in [0, 0.05) is 11.1 Å². The molecule has 0 aliphatic carbocycles. The number of fused-ring (bicyclic) bond motifs is 1. The first kappa shape index (κ1) is 18.3. The van der Waals surface area contributed by atoms with Crippen molar-refractivity contribution >= 4 is 10.8 Å². The van der Waals surface area contributed by atoms with Crippen LogP contribution in [0.3, 0.4) is 0 Å². The first-order valence-corrected chi connectivity index (χ1v) is 10.4. The molecule has 0 unspecified atom stereocenters. The molecule has 4 aromatic carbocycles. The molecule has 4 heteroatoms. The lowest BCUT2D eigenvalue weighted by atomic mass is 9.91. The largest absolute Gasteiger partial charge is 0.444 e. The summed E-state index contributed by atoms with van der Waals surface area (Å²) in [5.74, 6) is 1.52. The number of hydrogen-bond acceptors (Lipinski definition) is 4. The van der Waals surface area contributed by atoms with Crippen molar-refractivity contribution in [1.82, 2.24) is 9.97 Å². The van der Waals surface area contributed by atoms with Crippen molar-refractivity contribution in [3.05, 3.63) is 110 Å². The Morgan fingerprint density at radius 3 is 1.38 bits per heavy atom. The molecule has 2 aromatic heterocycles. The molecule has 0 bridgehead atoms. The highest BCUT2D eigenvalue weighted by atomic mass is 16.3. The Morgan fingerprint density at radius 2 is 0.938 bits per heavy atom. The minimum Gasteiger partial charge on any atom is -0.444 e. The summed E-state index contributed by atoms with van der Waals surface area (Å²) in [6.07, 6.45) is 6.39. The van der Waals surface area contributed by atoms with E-state index < -0.39 is 0 Å². The summed E-state index contributed by atoms with van der Waals surface area (Å²) in [5, 5.41) is 2.40. The number of nitrogens with zero attached hydrogens (tertiary/aromatic N) is 2. The molecule has 0 amide bonds. The zero-order chi connectivity index (χ0) is 21.3. The van der Waals surface area contributed by atoms with Gasteiger partial charge in [0.1, 0.15) is 0 Å². The van der Waals surface area contributed by atoms with Gasteiger partial charge in [0.25, 0.3) is 0 Å². The van der Waals surface area contributed by atoms with Crippen LogP contribution in [0, 0.1) is 0 Å². The van der Waals surface area contributed by atoms with Crippen LogP contribution in [0.5, 0.6) is 0 Å². The first-order chi connectivity index (χ1) is 15.9. The Labute approximate surface area is 184 Å². The summed E-state index contributed by atoms with van der Waals surface area (Å²) in [6, 6.07) is 29.6. The SMILES string of the molecule is c1cc(-c2cnco2)cc(-c2ccc(-c3cccc(-c4cnco4)c3)c3ccccc23)c1. The Bertz CT molecular complexity index is 1400. The van der Waals surface area contributed by atoms with E-state index in [0.717, 1.165) is 33.8 Å². The molecule has 0 aliphatic heterocycles. The molecule has 0 radical (unpaired) electrons. The maximum absolute atomic E-state index is 5.49. The summed E-state index contributed by atoms with van der Waals surface area (Å²) >= 11 is 0. The zero-order valence-electron chi connectivity index (χ0n) is 17.1. The quantitative estimate of drug-likeness (QED) is 0.300. The molecule has 2 heterocycles. The summed E-state index contributed by atoms with van der Waals surface area (Å²) in [5.41, 5.74) is 6.64. The van der Waals surface area contributed by atoms with Gasteiger partial charge >= 0.3 is 0 Å². The second-order valence-electron chi connectivity index (χ2n) is 7.60. The number of benzene rings is 4. The Hall–Kier alpha value is -4.44. The van der Waals surface area contributed by atoms with Crippen LogP contribution in [0.15, 0.2) is 119 Å². The van der Waals surface area contributed by atoms with Gasteiger partial charge in [0.15, 0.2) is 24.3 Å². The number of rotatable bonds is 4. The number of oxazole rings is 2. The topological polar surface area (TPSA) is 52.1 Å². The van der Waals surface area contributed by atoms with E-state index in [1.54, 1.807) is 12.4 Å². The van der Waals surface area contributed by atoms with Crippen LogP contribution < -0.4 is 0 Å². The van der Waals surface area contributed by atoms with E-state index in [0.29, 0.717) is 0 Å². The zero-order valence-corrected chi connectivity index (χ0v) is 17.1. The summed E-state index contributed by atoms with van der Waals surface area (Å²) in [7, 11) is 0. The van der Waals surface area contributed by atoms with Gasteiger partial charge in [-0.25, -0.2) is 9.97 Å². The molecule has 0 atom stereocenters. The van der Waals surface area contributed by atoms with E-state index in [9.17, 15) is 0 Å². The van der Waals surface area contributed by atoms with Crippen LogP contribution in [0.4, 0.5) is 0 Å². The molecular weight excluding hydrogens is 396 g/mol. The fraction of sp³-hybridized carbons (Fsp3) is 0. The lowest BCUT2D eigenvalue weighted by Crippen LogP contribution is -1.87. The van der Waals surface area contributed by atoms with Crippen LogP contribution in [-0.2, 0) is 0 Å². The average molecular weight is 414 g/mol. The molecule has 152 valence electrons. The maximum atomic E-state index is 5.49. The predicted octanol–water partition coefficient (Wildman–Crippen LogP) is 7.48. The third kappa shape index (κ3) is 3.19. The number of aromatic nitrogens is 2. The van der Waals surface area contributed by atoms with Crippen LogP contribution in [0.25, 0.3) is 55.7 Å². The molecule has 0 fully saturated rings. The molecule has 0 saturated heterocycles. The molecule has 4 nitrogen and oxygen atoms in total. The lowest BCUT2D eigenvalue weighted by Gasteiger charge is -2.13. The molecule has 0 N–H and O–H groups in total. The molecule has 32 heavy (non-hydrogen) atoms. The van der Waals surface area contributed by atoms with Crippen LogP contribution in [-0.4, -0.2) is 9.97 Å². The van der Waals surface area contributed by atoms with E-state index >= 15 is 0 Å². The highest BCUT2D eigenvalue weighted by molar-refractivity contribution is 6.05. The van der Waals surface area contributed by atoms with E-state index in [4.69, 9.17) is 8.83 Å². The van der Waals surface area contributed by atoms with Gasteiger partial charge < -0.3 is 8.83 Å². The standard InChI is InChI=1S/C28H18N2O2/c1-2-10-26-24(20-6-4-8-22(14-20)28-16-30-18-32-28)12-11-23(25(26)9-1)19-5-3-7-21(13-19)27-15-29-17-31-27/h1-18H. The minimum atomic E-state index is 0.761. The normalized spacial score (nSPS) is 11.1. The van der Waals surface area contributed by atoms with Crippen molar-refractivity contribution in [2.45, 2.75) is 0 Å². The van der Waals surface area contributed by atoms with Gasteiger partial charge in [-0.1, -0.05) is 72.8 Å². The predicted molar refractivity (Wildman–Crippen MR) is 126 cm³/mol. The van der Waals surface area contributed by atoms with Gasteiger partial charge in [-0.3, -0.25) is 0 Å². The Kier molecular flexibility index (Phi) is 4.40. The van der Waals surface area contributed by atoms with Crippen molar-refractivity contribution in [3.63, 3.8) is 0 Å². The van der Waals surface area contributed by atoms with Crippen molar-refractivity contribution in [1.29, 1.82) is 0 Å². The molecular formula is C28H18N2O2. The summed E-state index contributed by atoms with van der Waals surface area (Å²) in [4.78, 5) is 8.09. The lowest BCUT2D eigenvalue weighted by molar-refractivity contribution is 0.571. The smallest absolute Gasteiger partial charge is 0.181 e. The molecule has 6 rings (SSSR count). The van der Waals surface area contributed by atoms with Gasteiger partial charge in [0.2, 0.25) is 0 Å². The number of hydrogen-bond donors (Lipinski definition) is 0. The van der Waals surface area contributed by atoms with E-state index in [-0.39, 0.29) is 0 Å². The monoisotopic (exact) mass is 414 g/mol. The van der Waals surface area contributed by atoms with Crippen molar-refractivity contribution in [2.75, 3.05) is 0 Å². The molecule has 0 spiro atoms. The maximum Gasteiger partial charge on any atom is 0.181 e. The highest BCUT2D eigenvalue weighted by Gasteiger charge is 2.12. The van der Waals surface area contributed by atoms with E-state index in [1.165, 1.54) is 34.7 Å². The van der Waals surface area contributed by atoms with Crippen molar-refractivity contribution in [2.24, 2.45) is 0 Å². The Balaban J connectivity index is 1.50. The van der Waals surface area contributed by atoms with Crippen LogP contribution in [0.1, 0.15) is 0 Å². The van der Waals surface area contributed by atoms with E-state index in [2.05, 4.69) is 82.8 Å². The fourth-order valence-electron chi connectivity index (χ4n) is 4.20. The third-order valence-electron chi connectivity index (χ3n) is 5.70. The van der Waals surface area contributed by atoms with Gasteiger partial charge in [-0.2, -0.15) is 0 Å². The summed E-state index contributed by atoms with van der Waals surface area (Å²) in [6.45, 7) is 0. The molecule has 0 saturated carbocycles. The molecule has 0 aliphatic rings. The molecule has 6 aromatic rings.